The molecule has 6 nitrogen and oxygen atoms in total. The van der Waals surface area contributed by atoms with E-state index in [-0.39, 0.29) is 18.9 Å². The zero-order valence-corrected chi connectivity index (χ0v) is 14.2. The first-order chi connectivity index (χ1) is 12.0. The molecule has 0 aliphatic carbocycles. The summed E-state index contributed by atoms with van der Waals surface area (Å²) in [5.74, 6) is -0.0882. The van der Waals surface area contributed by atoms with Crippen molar-refractivity contribution in [3.05, 3.63) is 59.7 Å². The van der Waals surface area contributed by atoms with E-state index in [0.717, 1.165) is 16.9 Å². The lowest BCUT2D eigenvalue weighted by Gasteiger charge is -2.17. The number of rotatable bonds is 8. The number of methoxy groups -OCH3 is 1. The number of carbonyl (C=O) groups excluding carboxylic acids is 1. The van der Waals surface area contributed by atoms with Gasteiger partial charge in [0.2, 0.25) is 0 Å². The second-order valence-corrected chi connectivity index (χ2v) is 5.55. The Hall–Kier alpha value is -3.02. The molecule has 0 aliphatic rings. The van der Waals surface area contributed by atoms with E-state index in [4.69, 9.17) is 14.6 Å². The zero-order chi connectivity index (χ0) is 18.2. The van der Waals surface area contributed by atoms with Gasteiger partial charge in [0.1, 0.15) is 11.5 Å². The number of carbonyl (C=O) groups is 2. The molecule has 6 heteroatoms. The minimum Gasteiger partial charge on any atom is -0.496 e. The van der Waals surface area contributed by atoms with E-state index in [2.05, 4.69) is 5.32 Å². The molecule has 0 saturated heterocycles. The summed E-state index contributed by atoms with van der Waals surface area (Å²) in [7, 11) is 1.59. The standard InChI is InChI=1S/C19H21NO5/c1-13-10-15(8-9-17(13)24-2)25-12-18(21)20-16(11-19(22)23)14-6-4-3-5-7-14/h3-10,16H,11-12H2,1-2H3,(H,20,21)(H,22,23). The maximum atomic E-state index is 12.1. The van der Waals surface area contributed by atoms with Gasteiger partial charge in [-0.25, -0.2) is 0 Å². The summed E-state index contributed by atoms with van der Waals surface area (Å²) < 4.78 is 10.6. The summed E-state index contributed by atoms with van der Waals surface area (Å²) in [5.41, 5.74) is 1.63. The van der Waals surface area contributed by atoms with Gasteiger partial charge in [-0.15, -0.1) is 0 Å². The second kappa shape index (κ2) is 8.73. The number of amides is 1. The minimum absolute atomic E-state index is 0.197. The number of nitrogens with one attached hydrogen (secondary N) is 1. The number of carboxylic acids is 1. The quantitative estimate of drug-likeness (QED) is 0.770. The van der Waals surface area contributed by atoms with Crippen LogP contribution in [0.4, 0.5) is 0 Å². The van der Waals surface area contributed by atoms with Crippen LogP contribution in [0.1, 0.15) is 23.6 Å². The van der Waals surface area contributed by atoms with Crippen molar-refractivity contribution < 1.29 is 24.2 Å². The summed E-state index contributed by atoms with van der Waals surface area (Å²) in [6, 6.07) is 13.6. The molecule has 2 aromatic rings. The molecule has 0 aliphatic heterocycles. The molecule has 25 heavy (non-hydrogen) atoms. The molecule has 2 rings (SSSR count). The van der Waals surface area contributed by atoms with E-state index in [9.17, 15) is 9.59 Å². The van der Waals surface area contributed by atoms with Gasteiger partial charge in [0.15, 0.2) is 6.61 Å². The van der Waals surface area contributed by atoms with Gasteiger partial charge in [-0.3, -0.25) is 9.59 Å². The fraction of sp³-hybridized carbons (Fsp3) is 0.263. The van der Waals surface area contributed by atoms with Gasteiger partial charge in [0.25, 0.3) is 5.91 Å². The highest BCUT2D eigenvalue weighted by atomic mass is 16.5. The van der Waals surface area contributed by atoms with Crippen LogP contribution in [0.5, 0.6) is 11.5 Å². The normalized spacial score (nSPS) is 11.4. The van der Waals surface area contributed by atoms with E-state index < -0.39 is 12.0 Å². The first-order valence-corrected chi connectivity index (χ1v) is 7.83. The molecule has 0 saturated carbocycles. The third-order valence-corrected chi connectivity index (χ3v) is 3.65. The van der Waals surface area contributed by atoms with Crippen LogP contribution in [0.15, 0.2) is 48.5 Å². The van der Waals surface area contributed by atoms with E-state index in [1.807, 2.05) is 13.0 Å². The van der Waals surface area contributed by atoms with Crippen LogP contribution < -0.4 is 14.8 Å². The van der Waals surface area contributed by atoms with Crippen LogP contribution >= 0.6 is 0 Å². The van der Waals surface area contributed by atoms with Crippen LogP contribution in [0, 0.1) is 6.92 Å². The Morgan fingerprint density at radius 2 is 1.88 bits per heavy atom. The molecule has 2 N–H and O–H groups in total. The van der Waals surface area contributed by atoms with E-state index in [1.54, 1.807) is 49.6 Å². The van der Waals surface area contributed by atoms with Crippen molar-refractivity contribution in [2.24, 2.45) is 0 Å². The smallest absolute Gasteiger partial charge is 0.305 e. The van der Waals surface area contributed by atoms with E-state index >= 15 is 0 Å². The van der Waals surface area contributed by atoms with Crippen molar-refractivity contribution in [3.63, 3.8) is 0 Å². The molecule has 0 aromatic heterocycles. The number of benzene rings is 2. The molecule has 0 spiro atoms. The number of carboxylic acid groups (broad SMARTS) is 1. The lowest BCUT2D eigenvalue weighted by molar-refractivity contribution is -0.137. The second-order valence-electron chi connectivity index (χ2n) is 5.55. The number of hydrogen-bond donors (Lipinski definition) is 2. The first kappa shape index (κ1) is 18.3. The number of ether oxygens (including phenoxy) is 2. The molecular formula is C19H21NO5. The topological polar surface area (TPSA) is 84.9 Å². The van der Waals surface area contributed by atoms with Crippen LogP contribution in [-0.2, 0) is 9.59 Å². The lowest BCUT2D eigenvalue weighted by Crippen LogP contribution is -2.33. The molecule has 132 valence electrons. The fourth-order valence-electron chi connectivity index (χ4n) is 2.44. The fourth-order valence-corrected chi connectivity index (χ4v) is 2.44. The van der Waals surface area contributed by atoms with Gasteiger partial charge in [-0.05, 0) is 36.2 Å². The lowest BCUT2D eigenvalue weighted by atomic mass is 10.0. The molecule has 0 heterocycles. The molecule has 2 aromatic carbocycles. The number of aryl methyl sites for hydroxylation is 1. The summed E-state index contributed by atoms with van der Waals surface area (Å²) in [4.78, 5) is 23.2. The van der Waals surface area contributed by atoms with Crippen molar-refractivity contribution >= 4 is 11.9 Å². The predicted octanol–water partition coefficient (Wildman–Crippen LogP) is 2.71. The first-order valence-electron chi connectivity index (χ1n) is 7.83. The number of aliphatic carboxylic acids is 1. The van der Waals surface area contributed by atoms with Gasteiger partial charge in [0.05, 0.1) is 19.6 Å². The average Bonchev–Trinajstić information content (AvgIpc) is 2.60. The third kappa shape index (κ3) is 5.53. The molecule has 0 fully saturated rings. The van der Waals surface area contributed by atoms with Gasteiger partial charge in [-0.1, -0.05) is 30.3 Å². The van der Waals surface area contributed by atoms with Gasteiger partial charge >= 0.3 is 5.97 Å². The van der Waals surface area contributed by atoms with Crippen molar-refractivity contribution in [2.45, 2.75) is 19.4 Å². The van der Waals surface area contributed by atoms with Crippen molar-refractivity contribution in [1.82, 2.24) is 5.32 Å². The van der Waals surface area contributed by atoms with Crippen LogP contribution in [0.2, 0.25) is 0 Å². The molecular weight excluding hydrogens is 322 g/mol. The Balaban J connectivity index is 1.97. The molecule has 1 unspecified atom stereocenters. The van der Waals surface area contributed by atoms with Gasteiger partial charge in [0, 0.05) is 0 Å². The van der Waals surface area contributed by atoms with Crippen molar-refractivity contribution in [3.8, 4) is 11.5 Å². The van der Waals surface area contributed by atoms with E-state index in [0.29, 0.717) is 5.75 Å². The van der Waals surface area contributed by atoms with E-state index in [1.165, 1.54) is 0 Å². The maximum absolute atomic E-state index is 12.1. The summed E-state index contributed by atoms with van der Waals surface area (Å²) in [6.45, 7) is 1.68. The molecule has 1 atom stereocenters. The largest absolute Gasteiger partial charge is 0.496 e. The highest BCUT2D eigenvalue weighted by molar-refractivity contribution is 5.79. The monoisotopic (exact) mass is 343 g/mol. The van der Waals surface area contributed by atoms with Crippen molar-refractivity contribution in [1.29, 1.82) is 0 Å². The summed E-state index contributed by atoms with van der Waals surface area (Å²) in [5, 5.41) is 11.8. The third-order valence-electron chi connectivity index (χ3n) is 3.65. The minimum atomic E-state index is -0.985. The Morgan fingerprint density at radius 3 is 2.48 bits per heavy atom. The molecule has 1 amide bonds. The van der Waals surface area contributed by atoms with Crippen LogP contribution in [0.25, 0.3) is 0 Å². The summed E-state index contributed by atoms with van der Waals surface area (Å²) in [6.07, 6.45) is -0.197. The summed E-state index contributed by atoms with van der Waals surface area (Å²) >= 11 is 0. The Labute approximate surface area is 146 Å². The Morgan fingerprint density at radius 1 is 1.16 bits per heavy atom. The van der Waals surface area contributed by atoms with Crippen LogP contribution in [-0.4, -0.2) is 30.7 Å². The van der Waals surface area contributed by atoms with Gasteiger partial charge < -0.3 is 19.9 Å². The molecule has 0 bridgehead atoms. The number of hydrogen-bond acceptors (Lipinski definition) is 4. The SMILES string of the molecule is COc1ccc(OCC(=O)NC(CC(=O)O)c2ccccc2)cc1C. The predicted molar refractivity (Wildman–Crippen MR) is 92.8 cm³/mol. The van der Waals surface area contributed by atoms with Crippen LogP contribution in [0.3, 0.4) is 0 Å². The molecule has 0 radical (unpaired) electrons. The zero-order valence-electron chi connectivity index (χ0n) is 14.2. The maximum Gasteiger partial charge on any atom is 0.305 e. The average molecular weight is 343 g/mol. The highest BCUT2D eigenvalue weighted by Gasteiger charge is 2.18. The Bertz CT molecular complexity index is 730. The Kier molecular flexibility index (Phi) is 6.39. The van der Waals surface area contributed by atoms with Gasteiger partial charge in [-0.2, -0.15) is 0 Å². The highest BCUT2D eigenvalue weighted by Crippen LogP contribution is 2.23. The van der Waals surface area contributed by atoms with Crippen molar-refractivity contribution in [2.75, 3.05) is 13.7 Å².